The van der Waals surface area contributed by atoms with Gasteiger partial charge in [-0.1, -0.05) is 23.7 Å². The van der Waals surface area contributed by atoms with E-state index in [4.69, 9.17) is 21.1 Å². The molecule has 6 nitrogen and oxygen atoms in total. The van der Waals surface area contributed by atoms with Crippen LogP contribution in [0.5, 0.6) is 11.5 Å². The van der Waals surface area contributed by atoms with E-state index in [2.05, 4.69) is 21.5 Å². The highest BCUT2D eigenvalue weighted by atomic mass is 35.5. The molecule has 0 saturated carbocycles. The number of nitrogens with one attached hydrogen (secondary N) is 1. The van der Waals surface area contributed by atoms with Gasteiger partial charge in [0.15, 0.2) is 11.5 Å². The Balaban J connectivity index is 1.80. The summed E-state index contributed by atoms with van der Waals surface area (Å²) >= 11 is 6.18. The van der Waals surface area contributed by atoms with E-state index in [1.165, 1.54) is 6.33 Å². The summed E-state index contributed by atoms with van der Waals surface area (Å²) in [5.41, 5.74) is 2.91. The molecule has 0 fully saturated rings. The zero-order valence-corrected chi connectivity index (χ0v) is 15.1. The number of anilines is 1. The normalized spacial score (nSPS) is 15.7. The Hall–Kier alpha value is -2.99. The molecule has 3 aromatic rings. The van der Waals surface area contributed by atoms with Gasteiger partial charge in [0.25, 0.3) is 0 Å². The van der Waals surface area contributed by atoms with Gasteiger partial charge in [-0.25, -0.2) is 4.68 Å². The molecule has 1 aliphatic heterocycles. The van der Waals surface area contributed by atoms with Crippen LogP contribution in [0.1, 0.15) is 17.2 Å². The number of fused-ring (bicyclic) bond motifs is 1. The maximum atomic E-state index is 6.18. The van der Waals surface area contributed by atoms with Gasteiger partial charge in [0, 0.05) is 16.3 Å². The molecule has 1 aromatic heterocycles. The summed E-state index contributed by atoms with van der Waals surface area (Å²) in [7, 11) is 3.24. The van der Waals surface area contributed by atoms with Crippen LogP contribution in [0, 0.1) is 0 Å². The molecule has 26 heavy (non-hydrogen) atoms. The predicted molar refractivity (Wildman–Crippen MR) is 101 cm³/mol. The van der Waals surface area contributed by atoms with E-state index in [0.717, 1.165) is 16.8 Å². The summed E-state index contributed by atoms with van der Waals surface area (Å²) in [5, 5.41) is 8.35. The highest BCUT2D eigenvalue weighted by Gasteiger charge is 2.24. The molecule has 0 aliphatic carbocycles. The van der Waals surface area contributed by atoms with Crippen LogP contribution in [0.15, 0.2) is 54.9 Å². The third-order valence-corrected chi connectivity index (χ3v) is 4.53. The molecule has 0 saturated heterocycles. The van der Waals surface area contributed by atoms with Crippen LogP contribution in [0.2, 0.25) is 5.02 Å². The Kier molecular flexibility index (Phi) is 4.26. The molecule has 1 unspecified atom stereocenters. The summed E-state index contributed by atoms with van der Waals surface area (Å²) in [6, 6.07) is 13.4. The van der Waals surface area contributed by atoms with Crippen LogP contribution in [-0.4, -0.2) is 29.0 Å². The van der Waals surface area contributed by atoms with Gasteiger partial charge in [-0.3, -0.25) is 0 Å². The average Bonchev–Trinajstić information content (AvgIpc) is 3.15. The molecule has 7 heteroatoms. The molecule has 4 rings (SSSR count). The summed E-state index contributed by atoms with van der Waals surface area (Å²) < 4.78 is 12.6. The van der Waals surface area contributed by atoms with E-state index < -0.39 is 0 Å². The van der Waals surface area contributed by atoms with Gasteiger partial charge in [-0.2, -0.15) is 10.1 Å². The lowest BCUT2D eigenvalue weighted by molar-refractivity contribution is 0.355. The van der Waals surface area contributed by atoms with Crippen molar-refractivity contribution in [1.29, 1.82) is 0 Å². The van der Waals surface area contributed by atoms with Crippen LogP contribution in [0.4, 0.5) is 5.95 Å². The molecular weight excluding hydrogens is 352 g/mol. The fraction of sp³-hybridized carbons (Fsp3) is 0.158. The Bertz CT molecular complexity index is 983. The standard InChI is InChI=1S/C19H17ClN4O2/c1-25-17-7-6-12(9-18(17)26-2)15-10-16(13-4-3-5-14(20)8-13)24-19(23-15)21-11-22-24/h3-11,16H,1-2H3,(H,21,22,23). The van der Waals surface area contributed by atoms with Gasteiger partial charge in [0.2, 0.25) is 5.95 Å². The zero-order valence-electron chi connectivity index (χ0n) is 14.3. The van der Waals surface area contributed by atoms with Crippen LogP contribution in [0.3, 0.4) is 0 Å². The van der Waals surface area contributed by atoms with Gasteiger partial charge < -0.3 is 14.8 Å². The summed E-state index contributed by atoms with van der Waals surface area (Å²) in [5.74, 6) is 2.02. The quantitative estimate of drug-likeness (QED) is 0.754. The van der Waals surface area contributed by atoms with Crippen molar-refractivity contribution in [2.75, 3.05) is 19.5 Å². The topological polar surface area (TPSA) is 61.2 Å². The van der Waals surface area contributed by atoms with E-state index in [1.54, 1.807) is 14.2 Å². The number of ether oxygens (including phenoxy) is 2. The van der Waals surface area contributed by atoms with Crippen molar-refractivity contribution in [3.8, 4) is 11.5 Å². The number of nitrogens with zero attached hydrogens (tertiary/aromatic N) is 3. The average molecular weight is 369 g/mol. The van der Waals surface area contributed by atoms with E-state index in [1.807, 2.05) is 47.1 Å². The first-order valence-electron chi connectivity index (χ1n) is 8.06. The number of benzene rings is 2. The van der Waals surface area contributed by atoms with Crippen LogP contribution in [0.25, 0.3) is 5.70 Å². The molecule has 0 radical (unpaired) electrons. The monoisotopic (exact) mass is 368 g/mol. The van der Waals surface area contributed by atoms with E-state index >= 15 is 0 Å². The molecule has 2 aromatic carbocycles. The Morgan fingerprint density at radius 1 is 1.08 bits per heavy atom. The van der Waals surface area contributed by atoms with Gasteiger partial charge >= 0.3 is 0 Å². The Morgan fingerprint density at radius 2 is 1.92 bits per heavy atom. The lowest BCUT2D eigenvalue weighted by Crippen LogP contribution is -2.20. The first-order valence-corrected chi connectivity index (χ1v) is 8.43. The molecule has 2 heterocycles. The van der Waals surface area contributed by atoms with Crippen molar-refractivity contribution < 1.29 is 9.47 Å². The number of hydrogen-bond acceptors (Lipinski definition) is 5. The fourth-order valence-corrected chi connectivity index (χ4v) is 3.23. The van der Waals surface area contributed by atoms with Gasteiger partial charge in [0.1, 0.15) is 12.4 Å². The van der Waals surface area contributed by atoms with Crippen LogP contribution >= 0.6 is 11.6 Å². The van der Waals surface area contributed by atoms with Crippen molar-refractivity contribution >= 4 is 23.2 Å². The Morgan fingerprint density at radius 3 is 2.69 bits per heavy atom. The van der Waals surface area contributed by atoms with Crippen molar-refractivity contribution in [3.63, 3.8) is 0 Å². The van der Waals surface area contributed by atoms with Gasteiger partial charge in [0.05, 0.1) is 14.2 Å². The SMILES string of the molecule is COc1ccc(C2=CC(c3cccc(Cl)c3)n3ncnc3N2)cc1OC. The van der Waals surface area contributed by atoms with Crippen molar-refractivity contribution in [3.05, 3.63) is 71.0 Å². The molecule has 1 N–H and O–H groups in total. The highest BCUT2D eigenvalue weighted by molar-refractivity contribution is 6.30. The Labute approximate surface area is 156 Å². The number of rotatable bonds is 4. The van der Waals surface area contributed by atoms with Gasteiger partial charge in [-0.15, -0.1) is 0 Å². The number of allylic oxidation sites excluding steroid dienone is 1. The fourth-order valence-electron chi connectivity index (χ4n) is 3.03. The smallest absolute Gasteiger partial charge is 0.226 e. The highest BCUT2D eigenvalue weighted by Crippen LogP contribution is 2.35. The van der Waals surface area contributed by atoms with Crippen molar-refractivity contribution in [1.82, 2.24) is 14.8 Å². The second-order valence-electron chi connectivity index (χ2n) is 5.80. The van der Waals surface area contributed by atoms with E-state index in [0.29, 0.717) is 22.5 Å². The first kappa shape index (κ1) is 16.5. The molecule has 1 aliphatic rings. The molecule has 1 atom stereocenters. The summed E-state index contributed by atoms with van der Waals surface area (Å²) in [4.78, 5) is 4.32. The minimum atomic E-state index is -0.115. The molecule has 132 valence electrons. The third kappa shape index (κ3) is 2.88. The molecule has 0 amide bonds. The number of hydrogen-bond donors (Lipinski definition) is 1. The van der Waals surface area contributed by atoms with Crippen LogP contribution < -0.4 is 14.8 Å². The number of aromatic nitrogens is 3. The first-order chi connectivity index (χ1) is 12.7. The lowest BCUT2D eigenvalue weighted by Gasteiger charge is -2.25. The number of methoxy groups -OCH3 is 2. The predicted octanol–water partition coefficient (Wildman–Crippen LogP) is 4.00. The second kappa shape index (κ2) is 6.72. The zero-order chi connectivity index (χ0) is 18.1. The molecule has 0 bridgehead atoms. The molecular formula is C19H17ClN4O2. The lowest BCUT2D eigenvalue weighted by atomic mass is 10.0. The minimum Gasteiger partial charge on any atom is -0.493 e. The maximum absolute atomic E-state index is 6.18. The molecule has 0 spiro atoms. The maximum Gasteiger partial charge on any atom is 0.226 e. The summed E-state index contributed by atoms with van der Waals surface area (Å²) in [6.07, 6.45) is 3.62. The number of halogens is 1. The van der Waals surface area contributed by atoms with E-state index in [-0.39, 0.29) is 6.04 Å². The second-order valence-corrected chi connectivity index (χ2v) is 6.24. The van der Waals surface area contributed by atoms with Crippen LogP contribution in [-0.2, 0) is 0 Å². The third-order valence-electron chi connectivity index (χ3n) is 4.29. The van der Waals surface area contributed by atoms with Gasteiger partial charge in [-0.05, 0) is 42.0 Å². The summed E-state index contributed by atoms with van der Waals surface area (Å²) in [6.45, 7) is 0. The van der Waals surface area contributed by atoms with Crippen molar-refractivity contribution in [2.24, 2.45) is 0 Å². The van der Waals surface area contributed by atoms with E-state index in [9.17, 15) is 0 Å². The van der Waals surface area contributed by atoms with Crippen molar-refractivity contribution in [2.45, 2.75) is 6.04 Å². The largest absolute Gasteiger partial charge is 0.493 e. The minimum absolute atomic E-state index is 0.115.